The lowest BCUT2D eigenvalue weighted by atomic mass is 10.1. The van der Waals surface area contributed by atoms with Crippen molar-refractivity contribution >= 4 is 52.2 Å². The van der Waals surface area contributed by atoms with Gasteiger partial charge in [-0.15, -0.1) is 0 Å². The summed E-state index contributed by atoms with van der Waals surface area (Å²) in [6.45, 7) is -0.225. The van der Waals surface area contributed by atoms with Crippen molar-refractivity contribution in [2.24, 2.45) is 0 Å². The average molecular weight is 485 g/mol. The third-order valence-electron chi connectivity index (χ3n) is 4.77. The Hall–Kier alpha value is -3.89. The van der Waals surface area contributed by atoms with Gasteiger partial charge >= 0.3 is 5.97 Å². The number of carbonyl (C=O) groups excluding carboxylic acids is 2. The van der Waals surface area contributed by atoms with Crippen LogP contribution in [-0.2, 0) is 11.3 Å². The van der Waals surface area contributed by atoms with E-state index in [1.165, 1.54) is 36.4 Å². The number of furan rings is 1. The number of rotatable bonds is 6. The van der Waals surface area contributed by atoms with Crippen molar-refractivity contribution in [1.29, 1.82) is 0 Å². The van der Waals surface area contributed by atoms with E-state index in [9.17, 15) is 24.5 Å². The van der Waals surface area contributed by atoms with Crippen LogP contribution in [0.3, 0.4) is 0 Å². The number of nitrogens with zero attached hydrogens (tertiary/aromatic N) is 2. The maximum atomic E-state index is 12.8. The second-order valence-electron chi connectivity index (χ2n) is 6.86. The summed E-state index contributed by atoms with van der Waals surface area (Å²) in [4.78, 5) is 47.9. The van der Waals surface area contributed by atoms with Crippen molar-refractivity contribution in [3.8, 4) is 11.3 Å². The minimum absolute atomic E-state index is 0.0421. The number of aromatic carboxylic acids is 1. The number of imide groups is 1. The van der Waals surface area contributed by atoms with Gasteiger partial charge in [0.1, 0.15) is 11.5 Å². The van der Waals surface area contributed by atoms with E-state index in [1.807, 2.05) is 0 Å². The smallest absolute Gasteiger partial charge is 0.337 e. The van der Waals surface area contributed by atoms with E-state index in [4.69, 9.17) is 21.1 Å². The van der Waals surface area contributed by atoms with E-state index in [-0.39, 0.29) is 33.3 Å². The quantitative estimate of drug-likeness (QED) is 0.278. The highest BCUT2D eigenvalue weighted by atomic mass is 35.5. The number of carboxylic acids is 1. The number of carboxylic acid groups (broad SMARTS) is 1. The van der Waals surface area contributed by atoms with Crippen LogP contribution in [0.5, 0.6) is 0 Å². The van der Waals surface area contributed by atoms with Gasteiger partial charge in [-0.25, -0.2) is 4.79 Å². The summed E-state index contributed by atoms with van der Waals surface area (Å²) in [6, 6.07) is 13.5. The van der Waals surface area contributed by atoms with Gasteiger partial charge < -0.3 is 9.52 Å². The summed E-state index contributed by atoms with van der Waals surface area (Å²) < 4.78 is 5.71. The zero-order valence-corrected chi connectivity index (χ0v) is 18.1. The van der Waals surface area contributed by atoms with Crippen LogP contribution in [0, 0.1) is 10.1 Å². The molecular formula is C22H13ClN2O7S. The highest BCUT2D eigenvalue weighted by Gasteiger charge is 2.36. The fraction of sp³-hybridized carbons (Fsp3) is 0.0455. The van der Waals surface area contributed by atoms with Gasteiger partial charge in [0.25, 0.3) is 16.8 Å². The zero-order valence-electron chi connectivity index (χ0n) is 16.6. The van der Waals surface area contributed by atoms with Crippen molar-refractivity contribution in [2.75, 3.05) is 0 Å². The number of halogens is 1. The number of thioether (sulfide) groups is 1. The lowest BCUT2D eigenvalue weighted by Gasteiger charge is -2.12. The van der Waals surface area contributed by atoms with Crippen LogP contribution in [0.1, 0.15) is 21.7 Å². The maximum absolute atomic E-state index is 12.8. The minimum Gasteiger partial charge on any atom is -0.478 e. The van der Waals surface area contributed by atoms with Crippen molar-refractivity contribution in [1.82, 2.24) is 4.90 Å². The number of amides is 2. The second kappa shape index (κ2) is 8.93. The third kappa shape index (κ3) is 4.52. The largest absolute Gasteiger partial charge is 0.478 e. The van der Waals surface area contributed by atoms with Crippen molar-refractivity contribution in [3.05, 3.63) is 91.5 Å². The van der Waals surface area contributed by atoms with Crippen LogP contribution in [0.4, 0.5) is 10.5 Å². The Labute approximate surface area is 195 Å². The molecule has 1 N–H and O–H groups in total. The first kappa shape index (κ1) is 22.3. The summed E-state index contributed by atoms with van der Waals surface area (Å²) in [5.74, 6) is -1.06. The van der Waals surface area contributed by atoms with Crippen molar-refractivity contribution in [2.45, 2.75) is 6.54 Å². The Morgan fingerprint density at radius 1 is 1.18 bits per heavy atom. The van der Waals surface area contributed by atoms with E-state index >= 15 is 0 Å². The molecule has 0 radical (unpaired) electrons. The molecule has 0 atom stereocenters. The number of benzene rings is 2. The molecule has 0 unspecified atom stereocenters. The molecule has 4 rings (SSSR count). The molecule has 11 heteroatoms. The summed E-state index contributed by atoms with van der Waals surface area (Å²) in [6.07, 6.45) is 1.40. The second-order valence-corrected chi connectivity index (χ2v) is 8.26. The molecule has 0 spiro atoms. The molecule has 1 aliphatic heterocycles. The standard InChI is InChI=1S/C22H13ClN2O7S/c23-16-9-12(5-7-15(16)21(27)28)18-8-6-14(32-18)10-19-20(26)24(22(29)33-19)11-13-3-1-2-4-17(13)25(30)31/h1-10H,11H2,(H,27,28)/b19-10-. The zero-order chi connectivity index (χ0) is 23.7. The highest BCUT2D eigenvalue weighted by Crippen LogP contribution is 2.35. The van der Waals surface area contributed by atoms with Gasteiger partial charge in [-0.05, 0) is 36.0 Å². The van der Waals surface area contributed by atoms with Gasteiger partial charge in [-0.1, -0.05) is 35.9 Å². The topological polar surface area (TPSA) is 131 Å². The minimum atomic E-state index is -1.15. The maximum Gasteiger partial charge on any atom is 0.337 e. The fourth-order valence-electron chi connectivity index (χ4n) is 3.19. The van der Waals surface area contributed by atoms with Gasteiger partial charge in [0, 0.05) is 23.3 Å². The van der Waals surface area contributed by atoms with Gasteiger partial charge in [0.2, 0.25) is 0 Å². The molecule has 9 nitrogen and oxygen atoms in total. The fourth-order valence-corrected chi connectivity index (χ4v) is 4.27. The molecule has 1 aromatic heterocycles. The molecule has 2 amide bonds. The van der Waals surface area contributed by atoms with Gasteiger partial charge in [-0.3, -0.25) is 24.6 Å². The number of carbonyl (C=O) groups is 3. The molecular weight excluding hydrogens is 472 g/mol. The van der Waals surface area contributed by atoms with E-state index < -0.39 is 22.0 Å². The lowest BCUT2D eigenvalue weighted by molar-refractivity contribution is -0.385. The monoisotopic (exact) mass is 484 g/mol. The van der Waals surface area contributed by atoms with Crippen LogP contribution in [0.25, 0.3) is 17.4 Å². The molecule has 1 saturated heterocycles. The molecule has 1 aliphatic rings. The normalized spacial score (nSPS) is 14.8. The summed E-state index contributed by atoms with van der Waals surface area (Å²) in [5, 5.41) is 19.8. The Morgan fingerprint density at radius 2 is 1.94 bits per heavy atom. The number of nitro benzene ring substituents is 1. The van der Waals surface area contributed by atoms with Gasteiger partial charge in [0.15, 0.2) is 0 Å². The van der Waals surface area contributed by atoms with E-state index in [1.54, 1.807) is 24.3 Å². The number of nitro groups is 1. The number of hydrogen-bond donors (Lipinski definition) is 1. The van der Waals surface area contributed by atoms with Crippen LogP contribution >= 0.6 is 23.4 Å². The van der Waals surface area contributed by atoms with Crippen LogP contribution in [-0.4, -0.2) is 32.0 Å². The summed E-state index contributed by atoms with van der Waals surface area (Å²) in [5.41, 5.74) is 0.561. The summed E-state index contributed by atoms with van der Waals surface area (Å²) >= 11 is 6.70. The van der Waals surface area contributed by atoms with Crippen LogP contribution in [0.2, 0.25) is 5.02 Å². The predicted molar refractivity (Wildman–Crippen MR) is 121 cm³/mol. The number of hydrogen-bond acceptors (Lipinski definition) is 7. The molecule has 2 aromatic carbocycles. The lowest BCUT2D eigenvalue weighted by Crippen LogP contribution is -2.27. The van der Waals surface area contributed by atoms with Crippen molar-refractivity contribution < 1.29 is 28.8 Å². The summed E-state index contributed by atoms with van der Waals surface area (Å²) in [7, 11) is 0. The number of para-hydroxylation sites is 1. The van der Waals surface area contributed by atoms with Crippen molar-refractivity contribution in [3.63, 3.8) is 0 Å². The Bertz CT molecular complexity index is 1350. The SMILES string of the molecule is O=C(O)c1ccc(-c2ccc(/C=C3\SC(=O)N(Cc4ccccc4[N+](=O)[O-])C3=O)o2)cc1Cl. The van der Waals surface area contributed by atoms with Crippen LogP contribution < -0.4 is 0 Å². The Morgan fingerprint density at radius 3 is 2.64 bits per heavy atom. The van der Waals surface area contributed by atoms with E-state index in [0.717, 1.165) is 4.90 Å². The first-order chi connectivity index (χ1) is 15.7. The molecule has 166 valence electrons. The van der Waals surface area contributed by atoms with Gasteiger partial charge in [-0.2, -0.15) is 0 Å². The Kier molecular flexibility index (Phi) is 6.03. The first-order valence-corrected chi connectivity index (χ1v) is 10.5. The molecule has 3 aromatic rings. The van der Waals surface area contributed by atoms with Crippen LogP contribution in [0.15, 0.2) is 63.9 Å². The third-order valence-corrected chi connectivity index (χ3v) is 5.99. The molecule has 0 bridgehead atoms. The average Bonchev–Trinajstić information content (AvgIpc) is 3.34. The van der Waals surface area contributed by atoms with E-state index in [2.05, 4.69) is 0 Å². The Balaban J connectivity index is 1.55. The molecule has 0 aliphatic carbocycles. The van der Waals surface area contributed by atoms with Gasteiger partial charge in [0.05, 0.1) is 27.0 Å². The molecule has 33 heavy (non-hydrogen) atoms. The molecule has 1 fully saturated rings. The first-order valence-electron chi connectivity index (χ1n) is 9.35. The predicted octanol–water partition coefficient (Wildman–Crippen LogP) is 5.44. The molecule has 2 heterocycles. The highest BCUT2D eigenvalue weighted by molar-refractivity contribution is 8.18. The van der Waals surface area contributed by atoms with E-state index in [0.29, 0.717) is 28.8 Å². The molecule has 0 saturated carbocycles.